The molecular formula is C17H28N4O2. The maximum absolute atomic E-state index is 12.7. The standard InChI is InChI=1S/C17H28N4O2/c1-12-10-15(4-5-18-12)17(22)21-8-6-20(7-9-21)11-16-13(2)19-23-14(16)3/h12,15,18H,4-11H2,1-3H3/t12-,15-/m0/s1. The fourth-order valence-corrected chi connectivity index (χ4v) is 3.69. The Kier molecular flexibility index (Phi) is 5.02. The van der Waals surface area contributed by atoms with Crippen LogP contribution in [0, 0.1) is 19.8 Å². The van der Waals surface area contributed by atoms with Gasteiger partial charge in [-0.05, 0) is 40.2 Å². The number of nitrogens with one attached hydrogen (secondary N) is 1. The van der Waals surface area contributed by atoms with Crippen molar-refractivity contribution in [1.82, 2.24) is 20.3 Å². The minimum Gasteiger partial charge on any atom is -0.361 e. The van der Waals surface area contributed by atoms with Crippen molar-refractivity contribution in [3.63, 3.8) is 0 Å². The van der Waals surface area contributed by atoms with E-state index in [1.54, 1.807) is 0 Å². The first kappa shape index (κ1) is 16.5. The number of nitrogens with zero attached hydrogens (tertiary/aromatic N) is 3. The van der Waals surface area contributed by atoms with Gasteiger partial charge in [-0.25, -0.2) is 0 Å². The number of aryl methyl sites for hydroxylation is 2. The summed E-state index contributed by atoms with van der Waals surface area (Å²) in [6.45, 7) is 11.5. The van der Waals surface area contributed by atoms with Crippen LogP contribution in [0.2, 0.25) is 0 Å². The Morgan fingerprint density at radius 2 is 2.04 bits per heavy atom. The van der Waals surface area contributed by atoms with Crippen molar-refractivity contribution >= 4 is 5.91 Å². The van der Waals surface area contributed by atoms with Gasteiger partial charge in [0.25, 0.3) is 0 Å². The van der Waals surface area contributed by atoms with E-state index in [1.807, 2.05) is 13.8 Å². The Hall–Kier alpha value is -1.40. The molecule has 2 atom stereocenters. The molecule has 2 fully saturated rings. The van der Waals surface area contributed by atoms with Crippen LogP contribution in [0.4, 0.5) is 0 Å². The Balaban J connectivity index is 1.51. The zero-order valence-electron chi connectivity index (χ0n) is 14.5. The van der Waals surface area contributed by atoms with E-state index in [1.165, 1.54) is 5.56 Å². The molecule has 0 bridgehead atoms. The van der Waals surface area contributed by atoms with Crippen LogP contribution in [0.1, 0.15) is 36.8 Å². The van der Waals surface area contributed by atoms with E-state index >= 15 is 0 Å². The first-order chi connectivity index (χ1) is 11.0. The lowest BCUT2D eigenvalue weighted by molar-refractivity contribution is -0.138. The molecule has 2 aliphatic heterocycles. The summed E-state index contributed by atoms with van der Waals surface area (Å²) >= 11 is 0. The lowest BCUT2D eigenvalue weighted by Crippen LogP contribution is -2.51. The van der Waals surface area contributed by atoms with E-state index < -0.39 is 0 Å². The van der Waals surface area contributed by atoms with Gasteiger partial charge in [-0.1, -0.05) is 5.16 Å². The second-order valence-corrected chi connectivity index (χ2v) is 6.98. The number of carbonyl (C=O) groups excluding carboxylic acids is 1. The Morgan fingerprint density at radius 3 is 2.65 bits per heavy atom. The van der Waals surface area contributed by atoms with Crippen LogP contribution in [-0.4, -0.2) is 59.6 Å². The summed E-state index contributed by atoms with van der Waals surface area (Å²) in [5.41, 5.74) is 2.17. The van der Waals surface area contributed by atoms with Gasteiger partial charge in [0, 0.05) is 50.2 Å². The fourth-order valence-electron chi connectivity index (χ4n) is 3.69. The number of rotatable bonds is 3. The number of piperazine rings is 1. The number of carbonyl (C=O) groups is 1. The first-order valence-electron chi connectivity index (χ1n) is 8.71. The van der Waals surface area contributed by atoms with Gasteiger partial charge >= 0.3 is 0 Å². The Morgan fingerprint density at radius 1 is 1.30 bits per heavy atom. The monoisotopic (exact) mass is 320 g/mol. The van der Waals surface area contributed by atoms with Crippen molar-refractivity contribution in [3.8, 4) is 0 Å². The molecule has 1 aromatic rings. The first-order valence-corrected chi connectivity index (χ1v) is 8.71. The zero-order valence-corrected chi connectivity index (χ0v) is 14.5. The highest BCUT2D eigenvalue weighted by Crippen LogP contribution is 2.21. The lowest BCUT2D eigenvalue weighted by Gasteiger charge is -2.38. The number of amides is 1. The third-order valence-electron chi connectivity index (χ3n) is 5.22. The highest BCUT2D eigenvalue weighted by molar-refractivity contribution is 5.79. The molecule has 1 amide bonds. The predicted molar refractivity (Wildman–Crippen MR) is 88.0 cm³/mol. The molecule has 0 spiro atoms. The SMILES string of the molecule is Cc1noc(C)c1CN1CCN(C(=O)[C@H]2CCN[C@@H](C)C2)CC1. The smallest absolute Gasteiger partial charge is 0.225 e. The maximum Gasteiger partial charge on any atom is 0.225 e. The Labute approximate surface area is 138 Å². The molecule has 2 saturated heterocycles. The van der Waals surface area contributed by atoms with Crippen molar-refractivity contribution in [2.75, 3.05) is 32.7 Å². The largest absolute Gasteiger partial charge is 0.361 e. The van der Waals surface area contributed by atoms with Crippen LogP contribution >= 0.6 is 0 Å². The van der Waals surface area contributed by atoms with Crippen molar-refractivity contribution in [1.29, 1.82) is 0 Å². The van der Waals surface area contributed by atoms with Gasteiger partial charge in [-0.2, -0.15) is 0 Å². The van der Waals surface area contributed by atoms with Gasteiger partial charge in [0.05, 0.1) is 5.69 Å². The van der Waals surface area contributed by atoms with Crippen molar-refractivity contribution < 1.29 is 9.32 Å². The van der Waals surface area contributed by atoms with E-state index in [2.05, 4.69) is 27.2 Å². The van der Waals surface area contributed by atoms with Gasteiger partial charge in [0.2, 0.25) is 5.91 Å². The van der Waals surface area contributed by atoms with Crippen molar-refractivity contribution in [2.24, 2.45) is 5.92 Å². The molecule has 128 valence electrons. The van der Waals surface area contributed by atoms with Crippen molar-refractivity contribution in [3.05, 3.63) is 17.0 Å². The van der Waals surface area contributed by atoms with Crippen LogP contribution in [0.25, 0.3) is 0 Å². The number of aromatic nitrogens is 1. The second kappa shape index (κ2) is 7.01. The van der Waals surface area contributed by atoms with Gasteiger partial charge in [-0.3, -0.25) is 9.69 Å². The number of hydrogen-bond donors (Lipinski definition) is 1. The molecule has 0 saturated carbocycles. The molecule has 2 aliphatic rings. The predicted octanol–water partition coefficient (Wildman–Crippen LogP) is 1.32. The summed E-state index contributed by atoms with van der Waals surface area (Å²) in [4.78, 5) is 17.1. The third-order valence-corrected chi connectivity index (χ3v) is 5.22. The van der Waals surface area contributed by atoms with Crippen LogP contribution < -0.4 is 5.32 Å². The van der Waals surface area contributed by atoms with E-state index in [0.717, 1.165) is 63.6 Å². The molecule has 3 heterocycles. The Bertz CT molecular complexity index is 529. The number of hydrogen-bond acceptors (Lipinski definition) is 5. The molecule has 0 radical (unpaired) electrons. The van der Waals surface area contributed by atoms with Gasteiger partial charge in [0.1, 0.15) is 5.76 Å². The summed E-state index contributed by atoms with van der Waals surface area (Å²) in [6, 6.07) is 0.457. The molecule has 1 aromatic heterocycles. The van der Waals surface area contributed by atoms with Gasteiger partial charge in [-0.15, -0.1) is 0 Å². The molecule has 1 N–H and O–H groups in total. The van der Waals surface area contributed by atoms with Crippen LogP contribution in [0.3, 0.4) is 0 Å². The maximum atomic E-state index is 12.7. The quantitative estimate of drug-likeness (QED) is 0.910. The van der Waals surface area contributed by atoms with E-state index in [4.69, 9.17) is 4.52 Å². The normalized spacial score (nSPS) is 26.5. The summed E-state index contributed by atoms with van der Waals surface area (Å²) in [5, 5.41) is 7.44. The molecule has 3 rings (SSSR count). The fraction of sp³-hybridized carbons (Fsp3) is 0.765. The number of piperidine rings is 1. The highest BCUT2D eigenvalue weighted by atomic mass is 16.5. The average Bonchev–Trinajstić information content (AvgIpc) is 2.87. The van der Waals surface area contributed by atoms with Crippen LogP contribution in [0.15, 0.2) is 4.52 Å². The molecule has 0 aliphatic carbocycles. The van der Waals surface area contributed by atoms with E-state index in [9.17, 15) is 4.79 Å². The average molecular weight is 320 g/mol. The molecule has 23 heavy (non-hydrogen) atoms. The van der Waals surface area contributed by atoms with Gasteiger partial charge < -0.3 is 14.7 Å². The minimum atomic E-state index is 0.209. The van der Waals surface area contributed by atoms with E-state index in [0.29, 0.717) is 11.9 Å². The molecular weight excluding hydrogens is 292 g/mol. The van der Waals surface area contributed by atoms with Crippen molar-refractivity contribution in [2.45, 2.75) is 46.2 Å². The minimum absolute atomic E-state index is 0.209. The molecule has 6 nitrogen and oxygen atoms in total. The summed E-state index contributed by atoms with van der Waals surface area (Å²) < 4.78 is 5.24. The molecule has 0 unspecified atom stereocenters. The second-order valence-electron chi connectivity index (χ2n) is 6.98. The summed E-state index contributed by atoms with van der Waals surface area (Å²) in [6.07, 6.45) is 1.95. The third kappa shape index (κ3) is 3.75. The van der Waals surface area contributed by atoms with Gasteiger partial charge in [0.15, 0.2) is 0 Å². The van der Waals surface area contributed by atoms with Crippen LogP contribution in [-0.2, 0) is 11.3 Å². The van der Waals surface area contributed by atoms with Crippen LogP contribution in [0.5, 0.6) is 0 Å². The molecule has 0 aromatic carbocycles. The van der Waals surface area contributed by atoms with E-state index in [-0.39, 0.29) is 5.92 Å². The lowest BCUT2D eigenvalue weighted by atomic mass is 9.92. The summed E-state index contributed by atoms with van der Waals surface area (Å²) in [5.74, 6) is 1.47. The topological polar surface area (TPSA) is 61.6 Å². The zero-order chi connectivity index (χ0) is 16.4. The molecule has 6 heteroatoms. The summed E-state index contributed by atoms with van der Waals surface area (Å²) in [7, 11) is 0. The highest BCUT2D eigenvalue weighted by Gasteiger charge is 2.30.